The van der Waals surface area contributed by atoms with Crippen molar-refractivity contribution in [3.05, 3.63) is 0 Å². The molecule has 0 radical (unpaired) electrons. The summed E-state index contributed by atoms with van der Waals surface area (Å²) in [6, 6.07) is 0. The minimum absolute atomic E-state index is 0.333. The number of ketones is 1. The Morgan fingerprint density at radius 3 is 2.61 bits per heavy atom. The van der Waals surface area contributed by atoms with Gasteiger partial charge in [-0.1, -0.05) is 20.8 Å². The Bertz CT molecular complexity index is 339. The molecule has 5 nitrogen and oxygen atoms in total. The lowest BCUT2D eigenvalue weighted by Gasteiger charge is -2.36. The molecule has 0 aromatic heterocycles. The maximum atomic E-state index is 12.2. The Morgan fingerprint density at radius 2 is 2.06 bits per heavy atom. The first-order chi connectivity index (χ1) is 8.44. The first kappa shape index (κ1) is 14.7. The first-order valence-electron chi connectivity index (χ1n) is 6.49. The molecule has 1 saturated heterocycles. The van der Waals surface area contributed by atoms with E-state index in [1.54, 1.807) is 13.8 Å². The lowest BCUT2D eigenvalue weighted by Crippen LogP contribution is -2.54. The fourth-order valence-corrected chi connectivity index (χ4v) is 2.01. The molecule has 0 saturated carbocycles. The molecule has 0 aliphatic carbocycles. The van der Waals surface area contributed by atoms with E-state index in [1.807, 2.05) is 6.92 Å². The summed E-state index contributed by atoms with van der Waals surface area (Å²) in [6.45, 7) is 5.98. The third kappa shape index (κ3) is 3.09. The van der Waals surface area contributed by atoms with Crippen molar-refractivity contribution in [2.75, 3.05) is 6.54 Å². The molecule has 1 heterocycles. The zero-order valence-electron chi connectivity index (χ0n) is 11.4. The smallest absolute Gasteiger partial charge is 0.292 e. The van der Waals surface area contributed by atoms with Crippen LogP contribution in [0.3, 0.4) is 0 Å². The maximum Gasteiger partial charge on any atom is 0.292 e. The van der Waals surface area contributed by atoms with Gasteiger partial charge in [0.15, 0.2) is 0 Å². The Kier molecular flexibility index (Phi) is 4.87. The number of Topliss-reactive ketones (excluding diaryl/α,β-unsaturated/α-hetero) is 1. The average Bonchev–Trinajstić information content (AvgIpc) is 2.38. The van der Waals surface area contributed by atoms with Gasteiger partial charge in [0.05, 0.1) is 0 Å². The third-order valence-corrected chi connectivity index (χ3v) is 3.72. The van der Waals surface area contributed by atoms with Gasteiger partial charge >= 0.3 is 0 Å². The minimum atomic E-state index is -0.639. The number of likely N-dealkylation sites (tertiary alicyclic amines) is 1. The lowest BCUT2D eigenvalue weighted by atomic mass is 9.84. The summed E-state index contributed by atoms with van der Waals surface area (Å²) < 4.78 is 0. The van der Waals surface area contributed by atoms with Crippen molar-refractivity contribution < 1.29 is 14.4 Å². The summed E-state index contributed by atoms with van der Waals surface area (Å²) in [4.78, 5) is 36.4. The highest BCUT2D eigenvalue weighted by atomic mass is 16.2. The zero-order chi connectivity index (χ0) is 13.8. The predicted octanol–water partition coefficient (Wildman–Crippen LogP) is 1.08. The molecule has 18 heavy (non-hydrogen) atoms. The SMILES string of the molecule is CCC(C)(C)C(=O)C(=O)N1CCCCC1NC=O. The Labute approximate surface area is 108 Å². The van der Waals surface area contributed by atoms with Crippen LogP contribution in [0.2, 0.25) is 0 Å². The van der Waals surface area contributed by atoms with Crippen LogP contribution in [-0.4, -0.2) is 35.7 Å². The Hall–Kier alpha value is -1.39. The van der Waals surface area contributed by atoms with Crippen molar-refractivity contribution in [3.63, 3.8) is 0 Å². The molecule has 1 fully saturated rings. The Morgan fingerprint density at radius 1 is 1.39 bits per heavy atom. The third-order valence-electron chi connectivity index (χ3n) is 3.72. The van der Waals surface area contributed by atoms with Crippen LogP contribution in [0.25, 0.3) is 0 Å². The summed E-state index contributed by atoms with van der Waals surface area (Å²) in [6.07, 6.45) is 3.43. The molecule has 5 heteroatoms. The minimum Gasteiger partial charge on any atom is -0.338 e. The predicted molar refractivity (Wildman–Crippen MR) is 67.6 cm³/mol. The van der Waals surface area contributed by atoms with Gasteiger partial charge in [0, 0.05) is 12.0 Å². The number of amides is 2. The number of carbonyl (C=O) groups is 3. The number of nitrogens with one attached hydrogen (secondary N) is 1. The van der Waals surface area contributed by atoms with E-state index in [9.17, 15) is 14.4 Å². The number of rotatable bonds is 5. The molecule has 0 aromatic rings. The average molecular weight is 254 g/mol. The molecule has 0 bridgehead atoms. The highest BCUT2D eigenvalue weighted by Gasteiger charge is 2.37. The molecule has 1 rings (SSSR count). The highest BCUT2D eigenvalue weighted by Crippen LogP contribution is 2.24. The molecule has 0 aromatic carbocycles. The summed E-state index contributed by atoms with van der Waals surface area (Å²) in [5.74, 6) is -0.842. The molecule has 1 aliphatic heterocycles. The molecule has 1 N–H and O–H groups in total. The van der Waals surface area contributed by atoms with Gasteiger partial charge < -0.3 is 10.2 Å². The van der Waals surface area contributed by atoms with Crippen LogP contribution in [0.4, 0.5) is 0 Å². The first-order valence-corrected chi connectivity index (χ1v) is 6.49. The molecular formula is C13H22N2O3. The molecule has 2 amide bonds. The van der Waals surface area contributed by atoms with E-state index in [1.165, 1.54) is 4.90 Å². The summed E-state index contributed by atoms with van der Waals surface area (Å²) >= 11 is 0. The number of piperidine rings is 1. The molecule has 1 unspecified atom stereocenters. The quantitative estimate of drug-likeness (QED) is 0.589. The van der Waals surface area contributed by atoms with Crippen molar-refractivity contribution in [2.24, 2.45) is 5.41 Å². The second-order valence-corrected chi connectivity index (χ2v) is 5.36. The van der Waals surface area contributed by atoms with Crippen molar-refractivity contribution in [1.82, 2.24) is 10.2 Å². The van der Waals surface area contributed by atoms with Gasteiger partial charge in [-0.3, -0.25) is 14.4 Å². The molecule has 1 atom stereocenters. The van der Waals surface area contributed by atoms with E-state index in [0.29, 0.717) is 25.8 Å². The van der Waals surface area contributed by atoms with Crippen LogP contribution in [0.1, 0.15) is 46.5 Å². The van der Waals surface area contributed by atoms with Gasteiger partial charge in [0.2, 0.25) is 12.2 Å². The van der Waals surface area contributed by atoms with Gasteiger partial charge in [-0.2, -0.15) is 0 Å². The van der Waals surface area contributed by atoms with Crippen molar-refractivity contribution in [3.8, 4) is 0 Å². The van der Waals surface area contributed by atoms with E-state index in [4.69, 9.17) is 0 Å². The molecular weight excluding hydrogens is 232 g/mol. The van der Waals surface area contributed by atoms with Gasteiger partial charge in [-0.15, -0.1) is 0 Å². The van der Waals surface area contributed by atoms with Crippen LogP contribution in [0.5, 0.6) is 0 Å². The zero-order valence-corrected chi connectivity index (χ0v) is 11.4. The van der Waals surface area contributed by atoms with Crippen molar-refractivity contribution in [1.29, 1.82) is 0 Å². The molecule has 102 valence electrons. The second kappa shape index (κ2) is 5.98. The normalized spacial score (nSPS) is 20.4. The van der Waals surface area contributed by atoms with Gasteiger partial charge in [0.25, 0.3) is 5.91 Å². The highest BCUT2D eigenvalue weighted by molar-refractivity contribution is 6.38. The second-order valence-electron chi connectivity index (χ2n) is 5.36. The molecule has 1 aliphatic rings. The fraction of sp³-hybridized carbons (Fsp3) is 0.769. The lowest BCUT2D eigenvalue weighted by molar-refractivity contribution is -0.152. The van der Waals surface area contributed by atoms with Crippen molar-refractivity contribution >= 4 is 18.1 Å². The van der Waals surface area contributed by atoms with E-state index >= 15 is 0 Å². The van der Waals surface area contributed by atoms with Crippen LogP contribution in [0.15, 0.2) is 0 Å². The fourth-order valence-electron chi connectivity index (χ4n) is 2.01. The van der Waals surface area contributed by atoms with E-state index in [0.717, 1.165) is 12.8 Å². The Balaban J connectivity index is 2.80. The number of hydrogen-bond acceptors (Lipinski definition) is 3. The number of nitrogens with zero attached hydrogens (tertiary/aromatic N) is 1. The summed E-state index contributed by atoms with van der Waals surface area (Å²) in [5, 5.41) is 2.61. The van der Waals surface area contributed by atoms with Gasteiger partial charge in [-0.05, 0) is 25.7 Å². The standard InChI is InChI=1S/C13H22N2O3/c1-4-13(2,3)11(17)12(18)15-8-6-5-7-10(15)14-9-16/h9-10H,4-8H2,1-3H3,(H,14,16). The molecule has 0 spiro atoms. The van der Waals surface area contributed by atoms with Crippen LogP contribution in [0, 0.1) is 5.41 Å². The number of hydrogen-bond donors (Lipinski definition) is 1. The van der Waals surface area contributed by atoms with Crippen molar-refractivity contribution in [2.45, 2.75) is 52.6 Å². The van der Waals surface area contributed by atoms with Crippen LogP contribution >= 0.6 is 0 Å². The van der Waals surface area contributed by atoms with Gasteiger partial charge in [0.1, 0.15) is 6.17 Å². The van der Waals surface area contributed by atoms with E-state index in [-0.39, 0.29) is 11.9 Å². The topological polar surface area (TPSA) is 66.5 Å². The van der Waals surface area contributed by atoms with Crippen LogP contribution in [-0.2, 0) is 14.4 Å². The largest absolute Gasteiger partial charge is 0.338 e. The number of carbonyl (C=O) groups excluding carboxylic acids is 3. The maximum absolute atomic E-state index is 12.2. The monoisotopic (exact) mass is 254 g/mol. The van der Waals surface area contributed by atoms with Crippen LogP contribution < -0.4 is 5.32 Å². The summed E-state index contributed by atoms with van der Waals surface area (Å²) in [5.41, 5.74) is -0.639. The summed E-state index contributed by atoms with van der Waals surface area (Å²) in [7, 11) is 0. The van der Waals surface area contributed by atoms with E-state index in [2.05, 4.69) is 5.32 Å². The van der Waals surface area contributed by atoms with E-state index < -0.39 is 11.3 Å². The van der Waals surface area contributed by atoms with Gasteiger partial charge in [-0.25, -0.2) is 0 Å².